The third-order valence-electron chi connectivity index (χ3n) is 8.01. The Morgan fingerprint density at radius 2 is 1.74 bits per heavy atom. The van der Waals surface area contributed by atoms with Crippen LogP contribution in [0.4, 0.5) is 17.6 Å². The average molecular weight is 534 g/mol. The van der Waals surface area contributed by atoms with Gasteiger partial charge in [-0.1, -0.05) is 45.9 Å². The minimum Gasteiger partial charge on any atom is -0.388 e. The van der Waals surface area contributed by atoms with Crippen LogP contribution in [0.15, 0.2) is 30.3 Å². The van der Waals surface area contributed by atoms with Gasteiger partial charge in [-0.25, -0.2) is 4.39 Å². The largest absolute Gasteiger partial charge is 0.416 e. The van der Waals surface area contributed by atoms with Crippen molar-refractivity contribution in [3.8, 4) is 0 Å². The molecule has 206 valence electrons. The molecule has 0 amide bonds. The Morgan fingerprint density at radius 3 is 2.29 bits per heavy atom. The van der Waals surface area contributed by atoms with Crippen molar-refractivity contribution < 1.29 is 32.1 Å². The van der Waals surface area contributed by atoms with Crippen LogP contribution in [0, 0.1) is 5.41 Å². The topological polar surface area (TPSA) is 51.6 Å². The van der Waals surface area contributed by atoms with Crippen molar-refractivity contribution in [1.82, 2.24) is 4.98 Å². The number of alkyl halides is 4. The molecule has 2 atom stereocenters. The highest BCUT2D eigenvalue weighted by molar-refractivity contribution is 5.75. The number of fused-ring (bicyclic) bond motifs is 1. The maximum absolute atomic E-state index is 16.6. The van der Waals surface area contributed by atoms with E-state index >= 15 is 4.39 Å². The molecule has 3 aliphatic rings. The molecule has 1 aromatic carbocycles. The van der Waals surface area contributed by atoms with Crippen LogP contribution in [0.25, 0.3) is 5.57 Å². The van der Waals surface area contributed by atoms with E-state index in [-0.39, 0.29) is 16.9 Å². The van der Waals surface area contributed by atoms with Gasteiger partial charge in [0.1, 0.15) is 0 Å². The third-order valence-corrected chi connectivity index (χ3v) is 8.01. The summed E-state index contributed by atoms with van der Waals surface area (Å²) >= 11 is 0. The van der Waals surface area contributed by atoms with Crippen LogP contribution in [0.1, 0.15) is 111 Å². The first-order valence-corrected chi connectivity index (χ1v) is 13.3. The first-order chi connectivity index (χ1) is 17.8. The van der Waals surface area contributed by atoms with E-state index in [4.69, 9.17) is 14.5 Å². The van der Waals surface area contributed by atoms with Gasteiger partial charge in [0.15, 0.2) is 12.0 Å². The van der Waals surface area contributed by atoms with Crippen LogP contribution >= 0.6 is 0 Å². The van der Waals surface area contributed by atoms with E-state index in [2.05, 4.69) is 13.8 Å². The Balaban J connectivity index is 1.69. The van der Waals surface area contributed by atoms with Gasteiger partial charge in [-0.3, -0.25) is 4.98 Å². The van der Waals surface area contributed by atoms with Gasteiger partial charge in [0.2, 0.25) is 0 Å². The zero-order valence-electron chi connectivity index (χ0n) is 22.3. The lowest BCUT2D eigenvalue weighted by Gasteiger charge is -2.39. The van der Waals surface area contributed by atoms with Crippen molar-refractivity contribution in [2.75, 3.05) is 13.2 Å². The van der Waals surface area contributed by atoms with Gasteiger partial charge >= 0.3 is 6.18 Å². The monoisotopic (exact) mass is 533 g/mol. The minimum atomic E-state index is -4.50. The molecule has 1 aliphatic heterocycles. The highest BCUT2D eigenvalue weighted by Gasteiger charge is 2.42. The summed E-state index contributed by atoms with van der Waals surface area (Å²) in [6.45, 7) is 9.12. The predicted molar refractivity (Wildman–Crippen MR) is 136 cm³/mol. The molecule has 5 rings (SSSR count). The summed E-state index contributed by atoms with van der Waals surface area (Å²) in [5, 5.41) is 11.4. The van der Waals surface area contributed by atoms with Gasteiger partial charge in [-0.2, -0.15) is 13.2 Å². The van der Waals surface area contributed by atoms with Crippen molar-refractivity contribution >= 4 is 5.57 Å². The molecule has 2 aliphatic carbocycles. The second-order valence-electron chi connectivity index (χ2n) is 11.9. The lowest BCUT2D eigenvalue weighted by molar-refractivity contribution is -0.159. The van der Waals surface area contributed by atoms with E-state index in [1.807, 2.05) is 19.9 Å². The summed E-state index contributed by atoms with van der Waals surface area (Å²) < 4.78 is 67.9. The second-order valence-corrected chi connectivity index (χ2v) is 11.9. The Labute approximate surface area is 221 Å². The molecule has 1 fully saturated rings. The predicted octanol–water partition coefficient (Wildman–Crippen LogP) is 7.60. The van der Waals surface area contributed by atoms with Gasteiger partial charge in [0.25, 0.3) is 0 Å². The van der Waals surface area contributed by atoms with Gasteiger partial charge in [0, 0.05) is 29.7 Å². The lowest BCUT2D eigenvalue weighted by Crippen LogP contribution is -2.33. The molecular weight excluding hydrogens is 498 g/mol. The van der Waals surface area contributed by atoms with Crippen LogP contribution in [0.5, 0.6) is 0 Å². The van der Waals surface area contributed by atoms with Crippen LogP contribution in [-0.2, 0) is 22.1 Å². The molecule has 0 bridgehead atoms. The number of allylic oxidation sites excluding steroid dienone is 1. The molecule has 8 heteroatoms. The number of pyridine rings is 1. The highest BCUT2D eigenvalue weighted by Crippen LogP contribution is 2.50. The quantitative estimate of drug-likeness (QED) is 0.411. The summed E-state index contributed by atoms with van der Waals surface area (Å²) in [6, 6.07) is 4.23. The second kappa shape index (κ2) is 9.72. The number of aromatic nitrogens is 1. The van der Waals surface area contributed by atoms with E-state index in [0.29, 0.717) is 67.7 Å². The molecule has 0 radical (unpaired) electrons. The van der Waals surface area contributed by atoms with Crippen LogP contribution in [0.3, 0.4) is 0 Å². The number of rotatable bonds is 4. The fraction of sp³-hybridized carbons (Fsp3) is 0.567. The maximum Gasteiger partial charge on any atom is 0.416 e. The molecule has 1 N–H and O–H groups in total. The summed E-state index contributed by atoms with van der Waals surface area (Å²) in [5.74, 6) is -0.804. The molecule has 1 spiro atoms. The fourth-order valence-corrected chi connectivity index (χ4v) is 6.17. The van der Waals surface area contributed by atoms with Gasteiger partial charge in [0.05, 0.1) is 30.6 Å². The first-order valence-electron chi connectivity index (χ1n) is 13.3. The highest BCUT2D eigenvalue weighted by atomic mass is 19.4. The number of hydrogen-bond acceptors (Lipinski definition) is 4. The molecule has 0 saturated carbocycles. The van der Waals surface area contributed by atoms with Crippen molar-refractivity contribution in [2.45, 2.75) is 90.0 Å². The molecule has 4 nitrogen and oxygen atoms in total. The number of ether oxygens (including phenoxy) is 2. The molecule has 38 heavy (non-hydrogen) atoms. The van der Waals surface area contributed by atoms with Crippen molar-refractivity contribution in [2.24, 2.45) is 5.41 Å². The maximum atomic E-state index is 16.6. The Morgan fingerprint density at radius 1 is 1.08 bits per heavy atom. The van der Waals surface area contributed by atoms with E-state index in [1.165, 1.54) is 12.1 Å². The summed E-state index contributed by atoms with van der Waals surface area (Å²) in [4.78, 5) is 4.93. The van der Waals surface area contributed by atoms with Gasteiger partial charge in [-0.05, 0) is 59.4 Å². The van der Waals surface area contributed by atoms with E-state index in [9.17, 15) is 18.3 Å². The van der Waals surface area contributed by atoms with Gasteiger partial charge in [-0.15, -0.1) is 0 Å². The van der Waals surface area contributed by atoms with E-state index < -0.39 is 29.8 Å². The number of hydrogen-bond donors (Lipinski definition) is 1. The number of benzene rings is 1. The Bertz CT molecular complexity index is 1230. The normalized spacial score (nSPS) is 23.4. The molecular formula is C30H35F4NO3. The van der Waals surface area contributed by atoms with E-state index in [1.54, 1.807) is 0 Å². The standard InChI is InChI=1S/C30H35F4NO3/c1-17(2)27-25(26(31)19-5-7-20(8-6-19)30(32,33)34)23(18-9-11-29(12-10-18)37-13-14-38-29)24-21(35-27)15-28(3,4)16-22(24)36/h5-9,17,22,26,36H,10-16H2,1-4H3. The van der Waals surface area contributed by atoms with Gasteiger partial charge < -0.3 is 14.6 Å². The summed E-state index contributed by atoms with van der Waals surface area (Å²) in [6.07, 6.45) is -2.19. The van der Waals surface area contributed by atoms with Crippen LogP contribution < -0.4 is 0 Å². The number of aliphatic hydroxyl groups excluding tert-OH is 1. The SMILES string of the molecule is CC(C)c1nc2c(c(C3=CCC4(CC3)OCCO4)c1C(F)c1ccc(C(F)(F)F)cc1)C(O)CC(C)(C)C2. The zero-order valence-corrected chi connectivity index (χ0v) is 22.3. The first kappa shape index (κ1) is 27.3. The Kier molecular flexibility index (Phi) is 6.98. The number of halogens is 4. The smallest absolute Gasteiger partial charge is 0.388 e. The van der Waals surface area contributed by atoms with Crippen LogP contribution in [-0.4, -0.2) is 29.1 Å². The fourth-order valence-electron chi connectivity index (χ4n) is 6.17. The summed E-state index contributed by atoms with van der Waals surface area (Å²) in [5.41, 5.74) is 3.02. The van der Waals surface area contributed by atoms with Crippen molar-refractivity contribution in [3.63, 3.8) is 0 Å². The molecule has 2 aromatic rings. The molecule has 2 unspecified atom stereocenters. The minimum absolute atomic E-state index is 0.129. The van der Waals surface area contributed by atoms with E-state index in [0.717, 1.165) is 23.4 Å². The average Bonchev–Trinajstić information content (AvgIpc) is 3.29. The van der Waals surface area contributed by atoms with Crippen molar-refractivity contribution in [3.05, 3.63) is 69.5 Å². The molecule has 1 aromatic heterocycles. The number of aliphatic hydroxyl groups is 1. The Hall–Kier alpha value is -2.29. The zero-order chi connectivity index (χ0) is 27.5. The van der Waals surface area contributed by atoms with Crippen molar-refractivity contribution in [1.29, 1.82) is 0 Å². The molecule has 1 saturated heterocycles. The molecule has 2 heterocycles. The summed E-state index contributed by atoms with van der Waals surface area (Å²) in [7, 11) is 0. The third kappa shape index (κ3) is 5.03. The number of nitrogens with zero attached hydrogens (tertiary/aromatic N) is 1. The lowest BCUT2D eigenvalue weighted by atomic mass is 9.70. The van der Waals surface area contributed by atoms with Crippen LogP contribution in [0.2, 0.25) is 0 Å².